The van der Waals surface area contributed by atoms with Crippen molar-refractivity contribution in [1.82, 2.24) is 0 Å². The van der Waals surface area contributed by atoms with Crippen molar-refractivity contribution in [2.75, 3.05) is 0 Å². The third kappa shape index (κ3) is 3.85. The average Bonchev–Trinajstić information content (AvgIpc) is 3.83. The maximum atomic E-state index is 9.36. The molecule has 2 aromatic heterocycles. The summed E-state index contributed by atoms with van der Waals surface area (Å²) in [7, 11) is 0. The van der Waals surface area contributed by atoms with E-state index in [1.165, 1.54) is 0 Å². The molecule has 0 unspecified atom stereocenters. The van der Waals surface area contributed by atoms with Crippen molar-refractivity contribution >= 4 is 76.2 Å². The number of rotatable bonds is 3. The fraction of sp³-hybridized carbons (Fsp3) is 0. The molecule has 232 valence electrons. The second-order valence-corrected chi connectivity index (χ2v) is 12.5. The van der Waals surface area contributed by atoms with Gasteiger partial charge in [0.25, 0.3) is 0 Å². The van der Waals surface area contributed by atoms with Gasteiger partial charge in [-0.2, -0.15) is 0 Å². The quantitative estimate of drug-likeness (QED) is 0.179. The van der Waals surface area contributed by atoms with Crippen molar-refractivity contribution in [3.05, 3.63) is 170 Å². The normalized spacial score (nSPS) is 14.2. The van der Waals surface area contributed by atoms with Crippen LogP contribution in [-0.4, -0.2) is 0 Å². The van der Waals surface area contributed by atoms with Gasteiger partial charge in [0.15, 0.2) is 0 Å². The van der Waals surface area contributed by atoms with Crippen LogP contribution in [0, 0.1) is 0 Å². The van der Waals surface area contributed by atoms with Crippen LogP contribution in [0.5, 0.6) is 0 Å². The van der Waals surface area contributed by atoms with Crippen LogP contribution in [0.3, 0.4) is 0 Å². The van der Waals surface area contributed by atoms with Crippen molar-refractivity contribution in [3.8, 4) is 33.4 Å². The first-order chi connectivity index (χ1) is 28.1. The smallest absolute Gasteiger partial charge is 0.136 e. The van der Waals surface area contributed by atoms with E-state index in [0.29, 0.717) is 27.8 Å². The monoisotopic (exact) mass is 644 g/mol. The minimum Gasteiger partial charge on any atom is -0.456 e. The van der Waals surface area contributed by atoms with Crippen LogP contribution in [-0.2, 0) is 0 Å². The fourth-order valence-electron chi connectivity index (χ4n) is 7.81. The summed E-state index contributed by atoms with van der Waals surface area (Å²) in [5.41, 5.74) is 6.61. The minimum absolute atomic E-state index is 0.182. The Morgan fingerprint density at radius 2 is 0.860 bits per heavy atom. The van der Waals surface area contributed by atoms with Gasteiger partial charge in [-0.3, -0.25) is 0 Å². The number of furan rings is 2. The predicted octanol–water partition coefficient (Wildman–Crippen LogP) is 13.9. The van der Waals surface area contributed by atoms with Gasteiger partial charge in [0, 0.05) is 21.5 Å². The first-order valence-electron chi connectivity index (χ1n) is 20.4. The Morgan fingerprint density at radius 3 is 1.54 bits per heavy atom. The van der Waals surface area contributed by atoms with Crippen molar-refractivity contribution in [1.29, 1.82) is 0 Å². The Balaban J connectivity index is 1.23. The summed E-state index contributed by atoms with van der Waals surface area (Å²) in [4.78, 5) is 0. The molecule has 0 saturated heterocycles. The molecule has 11 rings (SSSR count). The summed E-state index contributed by atoms with van der Waals surface area (Å²) >= 11 is 0. The van der Waals surface area contributed by atoms with Crippen LogP contribution in [0.2, 0.25) is 0 Å². The second-order valence-electron chi connectivity index (χ2n) is 12.5. The molecule has 50 heavy (non-hydrogen) atoms. The summed E-state index contributed by atoms with van der Waals surface area (Å²) in [5.74, 6) is 0. The summed E-state index contributed by atoms with van der Waals surface area (Å²) in [5, 5.41) is 6.28. The molecule has 0 N–H and O–H groups in total. The van der Waals surface area contributed by atoms with Gasteiger partial charge in [-0.25, -0.2) is 0 Å². The van der Waals surface area contributed by atoms with Gasteiger partial charge in [0.1, 0.15) is 22.3 Å². The van der Waals surface area contributed by atoms with Crippen molar-refractivity contribution in [2.45, 2.75) is 0 Å². The molecule has 2 heteroatoms. The molecule has 0 fully saturated rings. The molecule has 0 aliphatic heterocycles. The van der Waals surface area contributed by atoms with E-state index in [-0.39, 0.29) is 45.7 Å². The highest BCUT2D eigenvalue weighted by molar-refractivity contribution is 6.27. The van der Waals surface area contributed by atoms with E-state index in [1.807, 2.05) is 78.9 Å². The van der Waals surface area contributed by atoms with Crippen molar-refractivity contribution in [2.24, 2.45) is 0 Å². The Labute approximate surface area is 298 Å². The zero-order chi connectivity index (χ0) is 39.7. The van der Waals surface area contributed by atoms with Crippen LogP contribution < -0.4 is 0 Å². The first-order valence-corrected chi connectivity index (χ1v) is 16.4. The van der Waals surface area contributed by atoms with Crippen LogP contribution >= 0.6 is 0 Å². The average molecular weight is 645 g/mol. The van der Waals surface area contributed by atoms with Gasteiger partial charge < -0.3 is 8.83 Å². The van der Waals surface area contributed by atoms with Gasteiger partial charge in [-0.05, 0) is 96.0 Å². The molecule has 0 atom stereocenters. The van der Waals surface area contributed by atoms with E-state index in [1.54, 1.807) is 24.3 Å². The van der Waals surface area contributed by atoms with E-state index in [4.69, 9.17) is 14.3 Å². The third-order valence-electron chi connectivity index (χ3n) is 9.92. The molecular formula is C48H28O2. The van der Waals surface area contributed by atoms with E-state index < -0.39 is 24.2 Å². The SMILES string of the molecule is [2H]c1c([2H])c([2H])c2c(-c3ccc(-c4ccc5c(c4)oc4ccc6oc7ccccc7c6c45)c4ccccc34)c3c([2H])c([2H])c([2H])c([2H])c3c(-c3ccccc3)c2c1[2H]. The molecule has 9 aromatic carbocycles. The minimum atomic E-state index is -0.432. The lowest BCUT2D eigenvalue weighted by atomic mass is 9.84. The van der Waals surface area contributed by atoms with Crippen molar-refractivity contribution in [3.63, 3.8) is 0 Å². The van der Waals surface area contributed by atoms with Gasteiger partial charge in [-0.1, -0.05) is 139 Å². The standard InChI is InChI=1S/C48H28O2/c1-2-12-29(13-3-1)45-34-16-6-8-18-36(34)46(37-19-9-7-17-35(37)45)38-25-24-31(32-14-4-5-15-33(32)38)30-22-23-40-44(28-30)50-43-27-26-42-47(48(40)43)39-20-10-11-21-41(39)49-42/h1-28H/i6D,7D,8D,9D,16D,17D,18D,19D. The van der Waals surface area contributed by atoms with Crippen LogP contribution in [0.4, 0.5) is 0 Å². The highest BCUT2D eigenvalue weighted by atomic mass is 16.3. The molecule has 0 radical (unpaired) electrons. The van der Waals surface area contributed by atoms with E-state index in [0.717, 1.165) is 60.2 Å². The predicted molar refractivity (Wildman–Crippen MR) is 210 cm³/mol. The molecule has 0 saturated carbocycles. The number of hydrogen-bond acceptors (Lipinski definition) is 2. The molecule has 0 spiro atoms. The van der Waals surface area contributed by atoms with Gasteiger partial charge in [-0.15, -0.1) is 0 Å². The van der Waals surface area contributed by atoms with E-state index in [9.17, 15) is 5.48 Å². The summed E-state index contributed by atoms with van der Waals surface area (Å²) < 4.78 is 85.0. The largest absolute Gasteiger partial charge is 0.456 e. The highest BCUT2D eigenvalue weighted by Crippen LogP contribution is 2.47. The summed E-state index contributed by atoms with van der Waals surface area (Å²) in [6.07, 6.45) is 0. The molecule has 11 aromatic rings. The number of benzene rings is 9. The number of fused-ring (bicyclic) bond motifs is 10. The Morgan fingerprint density at radius 1 is 0.340 bits per heavy atom. The Kier molecular flexibility index (Phi) is 4.31. The molecule has 2 heterocycles. The molecule has 2 nitrogen and oxygen atoms in total. The van der Waals surface area contributed by atoms with E-state index >= 15 is 0 Å². The van der Waals surface area contributed by atoms with Crippen LogP contribution in [0.1, 0.15) is 11.0 Å². The van der Waals surface area contributed by atoms with Crippen LogP contribution in [0.15, 0.2) is 179 Å². The third-order valence-corrected chi connectivity index (χ3v) is 9.92. The lowest BCUT2D eigenvalue weighted by Gasteiger charge is -2.19. The highest BCUT2D eigenvalue weighted by Gasteiger charge is 2.20. The fourth-order valence-corrected chi connectivity index (χ4v) is 7.81. The summed E-state index contributed by atoms with van der Waals surface area (Å²) in [6, 6.07) is 35.7. The van der Waals surface area contributed by atoms with Gasteiger partial charge >= 0.3 is 0 Å². The molecule has 0 bridgehead atoms. The molecule has 0 aliphatic rings. The topological polar surface area (TPSA) is 26.3 Å². The zero-order valence-electron chi connectivity index (χ0n) is 34.4. The molecule has 0 aliphatic carbocycles. The van der Waals surface area contributed by atoms with Gasteiger partial charge in [0.05, 0.1) is 11.0 Å². The van der Waals surface area contributed by atoms with Gasteiger partial charge in [0.2, 0.25) is 0 Å². The number of hydrogen-bond donors (Lipinski definition) is 0. The number of para-hydroxylation sites is 1. The summed E-state index contributed by atoms with van der Waals surface area (Å²) in [6.45, 7) is 0. The zero-order valence-corrected chi connectivity index (χ0v) is 26.4. The molecule has 0 amide bonds. The van der Waals surface area contributed by atoms with Crippen LogP contribution in [0.25, 0.3) is 110 Å². The Hall–Kier alpha value is -6.64. The lowest BCUT2D eigenvalue weighted by molar-refractivity contribution is 0.663. The van der Waals surface area contributed by atoms with Crippen molar-refractivity contribution < 1.29 is 19.8 Å². The second kappa shape index (κ2) is 10.4. The maximum Gasteiger partial charge on any atom is 0.136 e. The van der Waals surface area contributed by atoms with E-state index in [2.05, 4.69) is 18.2 Å². The lowest BCUT2D eigenvalue weighted by Crippen LogP contribution is -1.92. The Bertz CT molecular complexity index is 3530. The molecular weight excluding hydrogens is 609 g/mol. The first kappa shape index (κ1) is 20.7. The maximum absolute atomic E-state index is 9.36.